The standard InChI is InChI=1S/C16H14FN3O/c1-9-5-12(7-13(17)6-9)15-19-16(21-20-15)11-4-3-10(2)14(18)8-11/h3-8H,18H2,1-2H3. The van der Waals surface area contributed by atoms with Crippen molar-refractivity contribution in [3.63, 3.8) is 0 Å². The van der Waals surface area contributed by atoms with Crippen LogP contribution in [-0.4, -0.2) is 10.1 Å². The molecule has 3 rings (SSSR count). The van der Waals surface area contributed by atoms with Crippen molar-refractivity contribution in [3.8, 4) is 22.8 Å². The Morgan fingerprint density at radius 1 is 1.05 bits per heavy atom. The number of halogens is 1. The maximum absolute atomic E-state index is 13.4. The van der Waals surface area contributed by atoms with E-state index in [2.05, 4.69) is 10.1 Å². The average molecular weight is 283 g/mol. The lowest BCUT2D eigenvalue weighted by atomic mass is 10.1. The Balaban J connectivity index is 2.01. The lowest BCUT2D eigenvalue weighted by Gasteiger charge is -2.00. The molecule has 0 saturated carbocycles. The van der Waals surface area contributed by atoms with Crippen LogP contribution in [0.3, 0.4) is 0 Å². The van der Waals surface area contributed by atoms with E-state index in [-0.39, 0.29) is 5.82 Å². The van der Waals surface area contributed by atoms with E-state index in [4.69, 9.17) is 10.3 Å². The van der Waals surface area contributed by atoms with Crippen molar-refractivity contribution in [2.24, 2.45) is 0 Å². The molecule has 0 bridgehead atoms. The van der Waals surface area contributed by atoms with E-state index >= 15 is 0 Å². The van der Waals surface area contributed by atoms with E-state index < -0.39 is 0 Å². The molecule has 0 aliphatic heterocycles. The second-order valence-electron chi connectivity index (χ2n) is 5.01. The largest absolute Gasteiger partial charge is 0.398 e. The molecule has 1 aromatic heterocycles. The molecule has 1 heterocycles. The Kier molecular flexibility index (Phi) is 3.17. The van der Waals surface area contributed by atoms with Crippen molar-refractivity contribution in [2.45, 2.75) is 13.8 Å². The van der Waals surface area contributed by atoms with Crippen LogP contribution in [0.4, 0.5) is 10.1 Å². The minimum absolute atomic E-state index is 0.323. The number of benzene rings is 2. The Labute approximate surface area is 121 Å². The highest BCUT2D eigenvalue weighted by Gasteiger charge is 2.12. The summed E-state index contributed by atoms with van der Waals surface area (Å²) in [5, 5.41) is 3.90. The summed E-state index contributed by atoms with van der Waals surface area (Å²) >= 11 is 0. The molecule has 21 heavy (non-hydrogen) atoms. The zero-order chi connectivity index (χ0) is 15.0. The third-order valence-corrected chi connectivity index (χ3v) is 3.25. The minimum atomic E-state index is -0.323. The number of nitrogen functional groups attached to an aromatic ring is 1. The fourth-order valence-corrected chi connectivity index (χ4v) is 2.10. The number of anilines is 1. The number of rotatable bonds is 2. The molecule has 0 saturated heterocycles. The lowest BCUT2D eigenvalue weighted by Crippen LogP contribution is -1.90. The first-order valence-electron chi connectivity index (χ1n) is 6.51. The van der Waals surface area contributed by atoms with Crippen LogP contribution in [0, 0.1) is 19.7 Å². The lowest BCUT2D eigenvalue weighted by molar-refractivity contribution is 0.432. The van der Waals surface area contributed by atoms with Gasteiger partial charge in [-0.25, -0.2) is 4.39 Å². The highest BCUT2D eigenvalue weighted by molar-refractivity contribution is 5.65. The molecular weight excluding hydrogens is 269 g/mol. The summed E-state index contributed by atoms with van der Waals surface area (Å²) in [6.07, 6.45) is 0. The van der Waals surface area contributed by atoms with Crippen molar-refractivity contribution < 1.29 is 8.91 Å². The Bertz CT molecular complexity index is 791. The first kappa shape index (κ1) is 13.3. The molecular formula is C16H14FN3O. The molecule has 0 radical (unpaired) electrons. The van der Waals surface area contributed by atoms with Gasteiger partial charge in [0.1, 0.15) is 5.82 Å². The minimum Gasteiger partial charge on any atom is -0.398 e. The average Bonchev–Trinajstić information content (AvgIpc) is 2.90. The van der Waals surface area contributed by atoms with Gasteiger partial charge in [0, 0.05) is 16.8 Å². The Morgan fingerprint density at radius 2 is 1.86 bits per heavy atom. The smallest absolute Gasteiger partial charge is 0.258 e. The summed E-state index contributed by atoms with van der Waals surface area (Å²) in [6, 6.07) is 10.2. The van der Waals surface area contributed by atoms with E-state index in [0.29, 0.717) is 23.0 Å². The first-order chi connectivity index (χ1) is 10.0. The molecule has 0 spiro atoms. The predicted octanol–water partition coefficient (Wildman–Crippen LogP) is 3.74. The van der Waals surface area contributed by atoms with Crippen LogP contribution < -0.4 is 5.73 Å². The molecule has 0 atom stereocenters. The summed E-state index contributed by atoms with van der Waals surface area (Å²) in [5.41, 5.74) is 9.65. The summed E-state index contributed by atoms with van der Waals surface area (Å²) in [5.74, 6) is 0.390. The molecule has 0 aliphatic carbocycles. The zero-order valence-corrected chi connectivity index (χ0v) is 11.7. The molecule has 2 aromatic carbocycles. The summed E-state index contributed by atoms with van der Waals surface area (Å²) in [7, 11) is 0. The van der Waals surface area contributed by atoms with Crippen LogP contribution in [0.5, 0.6) is 0 Å². The second-order valence-corrected chi connectivity index (χ2v) is 5.01. The van der Waals surface area contributed by atoms with E-state index in [1.54, 1.807) is 12.1 Å². The monoisotopic (exact) mass is 283 g/mol. The van der Waals surface area contributed by atoms with Crippen LogP contribution in [0.15, 0.2) is 40.9 Å². The highest BCUT2D eigenvalue weighted by Crippen LogP contribution is 2.25. The molecule has 0 unspecified atom stereocenters. The van der Waals surface area contributed by atoms with Crippen LogP contribution in [0.2, 0.25) is 0 Å². The Morgan fingerprint density at radius 3 is 2.57 bits per heavy atom. The molecule has 2 N–H and O–H groups in total. The number of hydrogen-bond donors (Lipinski definition) is 1. The SMILES string of the molecule is Cc1cc(F)cc(-c2noc(-c3ccc(C)c(N)c3)n2)c1. The maximum atomic E-state index is 13.4. The predicted molar refractivity (Wildman–Crippen MR) is 79.0 cm³/mol. The third-order valence-electron chi connectivity index (χ3n) is 3.25. The van der Waals surface area contributed by atoms with Gasteiger partial charge in [0.05, 0.1) is 0 Å². The van der Waals surface area contributed by atoms with Gasteiger partial charge in [-0.2, -0.15) is 4.98 Å². The van der Waals surface area contributed by atoms with E-state index in [9.17, 15) is 4.39 Å². The van der Waals surface area contributed by atoms with Gasteiger partial charge in [0.2, 0.25) is 5.82 Å². The summed E-state index contributed by atoms with van der Waals surface area (Å²) in [6.45, 7) is 3.74. The van der Waals surface area contributed by atoms with E-state index in [1.165, 1.54) is 12.1 Å². The van der Waals surface area contributed by atoms with Gasteiger partial charge in [-0.15, -0.1) is 0 Å². The quantitative estimate of drug-likeness (QED) is 0.727. The highest BCUT2D eigenvalue weighted by atomic mass is 19.1. The molecule has 5 heteroatoms. The van der Waals surface area contributed by atoms with Gasteiger partial charge in [0.25, 0.3) is 5.89 Å². The van der Waals surface area contributed by atoms with Gasteiger partial charge in [-0.1, -0.05) is 11.2 Å². The molecule has 0 fully saturated rings. The fraction of sp³-hybridized carbons (Fsp3) is 0.125. The number of aromatic nitrogens is 2. The van der Waals surface area contributed by atoms with E-state index in [1.807, 2.05) is 26.0 Å². The van der Waals surface area contributed by atoms with Crippen molar-refractivity contribution in [3.05, 3.63) is 53.3 Å². The number of aryl methyl sites for hydroxylation is 2. The number of hydrogen-bond acceptors (Lipinski definition) is 4. The topological polar surface area (TPSA) is 64.9 Å². The second kappa shape index (κ2) is 5.01. The third kappa shape index (κ3) is 2.63. The Hall–Kier alpha value is -2.69. The van der Waals surface area contributed by atoms with Crippen LogP contribution in [-0.2, 0) is 0 Å². The van der Waals surface area contributed by atoms with Crippen LogP contribution >= 0.6 is 0 Å². The van der Waals surface area contributed by atoms with Crippen molar-refractivity contribution >= 4 is 5.69 Å². The fourth-order valence-electron chi connectivity index (χ4n) is 2.10. The zero-order valence-electron chi connectivity index (χ0n) is 11.7. The number of nitrogens with two attached hydrogens (primary N) is 1. The summed E-state index contributed by atoms with van der Waals surface area (Å²) in [4.78, 5) is 4.30. The van der Waals surface area contributed by atoms with Crippen molar-refractivity contribution in [2.75, 3.05) is 5.73 Å². The molecule has 106 valence electrons. The van der Waals surface area contributed by atoms with Crippen LogP contribution in [0.1, 0.15) is 11.1 Å². The van der Waals surface area contributed by atoms with Gasteiger partial charge < -0.3 is 10.3 Å². The van der Waals surface area contributed by atoms with Crippen molar-refractivity contribution in [1.29, 1.82) is 0 Å². The van der Waals surface area contributed by atoms with E-state index in [0.717, 1.165) is 16.7 Å². The van der Waals surface area contributed by atoms with Gasteiger partial charge >= 0.3 is 0 Å². The molecule has 0 aliphatic rings. The molecule has 3 aromatic rings. The van der Waals surface area contributed by atoms with Crippen molar-refractivity contribution in [1.82, 2.24) is 10.1 Å². The molecule has 4 nitrogen and oxygen atoms in total. The van der Waals surface area contributed by atoms with Gasteiger partial charge in [-0.3, -0.25) is 0 Å². The summed E-state index contributed by atoms with van der Waals surface area (Å²) < 4.78 is 18.7. The number of nitrogens with zero attached hydrogens (tertiary/aromatic N) is 2. The first-order valence-corrected chi connectivity index (χ1v) is 6.51. The van der Waals surface area contributed by atoms with Gasteiger partial charge in [-0.05, 0) is 55.3 Å². The normalized spacial score (nSPS) is 10.8. The van der Waals surface area contributed by atoms with Gasteiger partial charge in [0.15, 0.2) is 0 Å². The van der Waals surface area contributed by atoms with Crippen LogP contribution in [0.25, 0.3) is 22.8 Å². The molecule has 0 amide bonds. The maximum Gasteiger partial charge on any atom is 0.258 e.